The lowest BCUT2D eigenvalue weighted by atomic mass is 10.0. The molecule has 3 amide bonds. The van der Waals surface area contributed by atoms with E-state index in [0.29, 0.717) is 33.3 Å². The molecule has 3 N–H and O–H groups in total. The number of ether oxygens (including phenoxy) is 2. The molecular weight excluding hydrogens is 506 g/mol. The van der Waals surface area contributed by atoms with Gasteiger partial charge in [-0.05, 0) is 53.6 Å². The average Bonchev–Trinajstić information content (AvgIpc) is 3.40. The topological polar surface area (TPSA) is 106 Å². The molecule has 4 aromatic carbocycles. The third-order valence-corrected chi connectivity index (χ3v) is 6.42. The van der Waals surface area contributed by atoms with Crippen molar-refractivity contribution in [1.82, 2.24) is 10.6 Å². The number of carbonyl (C=O) groups is 3. The Hall–Kier alpha value is -4.56. The van der Waals surface area contributed by atoms with Gasteiger partial charge in [-0.2, -0.15) is 0 Å². The molecule has 0 aromatic heterocycles. The molecule has 0 fully saturated rings. The standard InChI is InChI=1S/C29H24ClN3O5/c1-17(27(34)32-21-13-14-24-25(15-21)38-16-37-24)31-29(36)26(19-9-11-20(30)12-10-19)33-28(35)23-8-4-6-18-5-2-3-7-22(18)23/h2-15,17,26H,16H2,1H3,(H,31,36)(H,32,34)(H,33,35)/t17?,26-/m0/s1. The molecule has 1 unspecified atom stereocenters. The van der Waals surface area contributed by atoms with Gasteiger partial charge in [0.2, 0.25) is 18.6 Å². The van der Waals surface area contributed by atoms with Crippen LogP contribution in [0.3, 0.4) is 0 Å². The Morgan fingerprint density at radius 2 is 1.55 bits per heavy atom. The minimum Gasteiger partial charge on any atom is -0.454 e. The molecule has 9 heteroatoms. The summed E-state index contributed by atoms with van der Waals surface area (Å²) in [5, 5.41) is 10.4. The van der Waals surface area contributed by atoms with E-state index in [1.807, 2.05) is 30.3 Å². The van der Waals surface area contributed by atoms with Crippen molar-refractivity contribution in [1.29, 1.82) is 0 Å². The lowest BCUT2D eigenvalue weighted by molar-refractivity contribution is -0.127. The number of carbonyl (C=O) groups excluding carboxylic acids is 3. The maximum atomic E-state index is 13.4. The van der Waals surface area contributed by atoms with Crippen molar-refractivity contribution in [3.63, 3.8) is 0 Å². The first-order chi connectivity index (χ1) is 18.4. The number of benzene rings is 4. The highest BCUT2D eigenvalue weighted by Gasteiger charge is 2.27. The average molecular weight is 530 g/mol. The normalized spacial score (nSPS) is 13.4. The lowest BCUT2D eigenvalue weighted by Crippen LogP contribution is -2.47. The molecular formula is C29H24ClN3O5. The van der Waals surface area contributed by atoms with Gasteiger partial charge in [0.15, 0.2) is 11.5 Å². The molecule has 0 saturated heterocycles. The number of nitrogens with one attached hydrogen (secondary N) is 3. The van der Waals surface area contributed by atoms with E-state index in [2.05, 4.69) is 16.0 Å². The van der Waals surface area contributed by atoms with Crippen LogP contribution < -0.4 is 25.4 Å². The molecule has 0 aliphatic carbocycles. The number of halogens is 1. The molecule has 1 aliphatic rings. The molecule has 4 aromatic rings. The van der Waals surface area contributed by atoms with Gasteiger partial charge < -0.3 is 25.4 Å². The summed E-state index contributed by atoms with van der Waals surface area (Å²) in [5.41, 5.74) is 1.45. The van der Waals surface area contributed by atoms with Gasteiger partial charge in [0.1, 0.15) is 12.1 Å². The van der Waals surface area contributed by atoms with Gasteiger partial charge in [0, 0.05) is 22.3 Å². The number of hydrogen-bond donors (Lipinski definition) is 3. The second kappa shape index (κ2) is 10.8. The van der Waals surface area contributed by atoms with E-state index in [4.69, 9.17) is 21.1 Å². The third-order valence-electron chi connectivity index (χ3n) is 6.17. The molecule has 5 rings (SSSR count). The van der Waals surface area contributed by atoms with Gasteiger partial charge in [0.05, 0.1) is 0 Å². The van der Waals surface area contributed by atoms with E-state index in [0.717, 1.165) is 10.8 Å². The number of amides is 3. The van der Waals surface area contributed by atoms with Crippen LogP contribution in [0.5, 0.6) is 11.5 Å². The predicted molar refractivity (Wildman–Crippen MR) is 144 cm³/mol. The molecule has 0 saturated carbocycles. The minimum absolute atomic E-state index is 0.121. The lowest BCUT2D eigenvalue weighted by Gasteiger charge is -2.22. The monoisotopic (exact) mass is 529 g/mol. The van der Waals surface area contributed by atoms with Crippen LogP contribution >= 0.6 is 11.6 Å². The summed E-state index contributed by atoms with van der Waals surface area (Å²) in [6.07, 6.45) is 0. The largest absolute Gasteiger partial charge is 0.454 e. The Labute approximate surface area is 223 Å². The highest BCUT2D eigenvalue weighted by molar-refractivity contribution is 6.30. The summed E-state index contributed by atoms with van der Waals surface area (Å²) >= 11 is 6.04. The summed E-state index contributed by atoms with van der Waals surface area (Å²) in [6, 6.07) is 22.6. The second-order valence-electron chi connectivity index (χ2n) is 8.77. The summed E-state index contributed by atoms with van der Waals surface area (Å²) in [7, 11) is 0. The van der Waals surface area contributed by atoms with Crippen molar-refractivity contribution in [2.75, 3.05) is 12.1 Å². The minimum atomic E-state index is -1.07. The molecule has 0 bridgehead atoms. The summed E-state index contributed by atoms with van der Waals surface area (Å²) in [4.78, 5) is 39.6. The molecule has 0 radical (unpaired) electrons. The Kier molecular flexibility index (Phi) is 7.15. The molecule has 38 heavy (non-hydrogen) atoms. The van der Waals surface area contributed by atoms with Gasteiger partial charge in [-0.15, -0.1) is 0 Å². The van der Waals surface area contributed by atoms with E-state index in [9.17, 15) is 14.4 Å². The van der Waals surface area contributed by atoms with Crippen molar-refractivity contribution < 1.29 is 23.9 Å². The Morgan fingerprint density at radius 1 is 0.816 bits per heavy atom. The van der Waals surface area contributed by atoms with E-state index in [-0.39, 0.29) is 6.79 Å². The number of fused-ring (bicyclic) bond motifs is 2. The fourth-order valence-corrected chi connectivity index (χ4v) is 4.30. The van der Waals surface area contributed by atoms with Crippen LogP contribution in [0.2, 0.25) is 5.02 Å². The summed E-state index contributed by atoms with van der Waals surface area (Å²) in [6.45, 7) is 1.68. The molecule has 8 nitrogen and oxygen atoms in total. The van der Waals surface area contributed by atoms with Crippen LogP contribution in [-0.4, -0.2) is 30.6 Å². The predicted octanol–water partition coefficient (Wildman–Crippen LogP) is 4.84. The van der Waals surface area contributed by atoms with Gasteiger partial charge in [0.25, 0.3) is 5.91 Å². The zero-order chi connectivity index (χ0) is 26.6. The first-order valence-electron chi connectivity index (χ1n) is 11.9. The first-order valence-corrected chi connectivity index (χ1v) is 12.3. The van der Waals surface area contributed by atoms with Gasteiger partial charge >= 0.3 is 0 Å². The van der Waals surface area contributed by atoms with Gasteiger partial charge in [-0.25, -0.2) is 0 Å². The Balaban J connectivity index is 1.33. The van der Waals surface area contributed by atoms with Crippen LogP contribution in [0.15, 0.2) is 84.9 Å². The Bertz CT molecular complexity index is 1520. The maximum Gasteiger partial charge on any atom is 0.252 e. The van der Waals surface area contributed by atoms with Crippen LogP contribution in [0.25, 0.3) is 10.8 Å². The number of anilines is 1. The molecule has 1 aliphatic heterocycles. The maximum absolute atomic E-state index is 13.4. The summed E-state index contributed by atoms with van der Waals surface area (Å²) in [5.74, 6) is -0.286. The van der Waals surface area contributed by atoms with Crippen molar-refractivity contribution in [2.45, 2.75) is 19.0 Å². The van der Waals surface area contributed by atoms with Crippen molar-refractivity contribution in [2.24, 2.45) is 0 Å². The molecule has 2 atom stereocenters. The zero-order valence-corrected chi connectivity index (χ0v) is 21.1. The molecule has 192 valence electrons. The van der Waals surface area contributed by atoms with E-state index in [1.54, 1.807) is 61.5 Å². The Morgan fingerprint density at radius 3 is 2.37 bits per heavy atom. The third kappa shape index (κ3) is 5.40. The fraction of sp³-hybridized carbons (Fsp3) is 0.138. The van der Waals surface area contributed by atoms with Crippen molar-refractivity contribution >= 4 is 45.8 Å². The van der Waals surface area contributed by atoms with Crippen LogP contribution in [-0.2, 0) is 9.59 Å². The van der Waals surface area contributed by atoms with Crippen LogP contribution in [0.4, 0.5) is 5.69 Å². The van der Waals surface area contributed by atoms with Crippen LogP contribution in [0, 0.1) is 0 Å². The quantitative estimate of drug-likeness (QED) is 0.318. The highest BCUT2D eigenvalue weighted by atomic mass is 35.5. The summed E-state index contributed by atoms with van der Waals surface area (Å²) < 4.78 is 10.6. The number of rotatable bonds is 7. The van der Waals surface area contributed by atoms with Gasteiger partial charge in [-0.1, -0.05) is 60.1 Å². The molecule has 1 heterocycles. The highest BCUT2D eigenvalue weighted by Crippen LogP contribution is 2.34. The van der Waals surface area contributed by atoms with E-state index in [1.165, 1.54) is 0 Å². The van der Waals surface area contributed by atoms with Crippen molar-refractivity contribution in [3.8, 4) is 11.5 Å². The van der Waals surface area contributed by atoms with Crippen molar-refractivity contribution in [3.05, 3.63) is 101 Å². The zero-order valence-electron chi connectivity index (χ0n) is 20.4. The van der Waals surface area contributed by atoms with E-state index < -0.39 is 29.8 Å². The smallest absolute Gasteiger partial charge is 0.252 e. The molecule has 0 spiro atoms. The first kappa shape index (κ1) is 25.1. The second-order valence-corrected chi connectivity index (χ2v) is 9.21. The van der Waals surface area contributed by atoms with Gasteiger partial charge in [-0.3, -0.25) is 14.4 Å². The fourth-order valence-electron chi connectivity index (χ4n) is 4.17. The van der Waals surface area contributed by atoms with Crippen LogP contribution in [0.1, 0.15) is 28.9 Å². The number of hydrogen-bond acceptors (Lipinski definition) is 5. The van der Waals surface area contributed by atoms with E-state index >= 15 is 0 Å². The SMILES string of the molecule is CC(NC(=O)[C@@H](NC(=O)c1cccc2ccccc12)c1ccc(Cl)cc1)C(=O)Nc1ccc2c(c1)OCO2.